The lowest BCUT2D eigenvalue weighted by Gasteiger charge is -2.25. The van der Waals surface area contributed by atoms with Gasteiger partial charge in [0.25, 0.3) is 11.7 Å². The van der Waals surface area contributed by atoms with Gasteiger partial charge in [-0.15, -0.1) is 0 Å². The zero-order chi connectivity index (χ0) is 21.1. The number of aliphatic hydroxyl groups excluding tert-OH is 1. The number of halogens is 1. The molecule has 1 amide bonds. The van der Waals surface area contributed by atoms with Crippen molar-refractivity contribution in [1.82, 2.24) is 4.90 Å². The summed E-state index contributed by atoms with van der Waals surface area (Å²) in [6.07, 6.45) is 0.533. The Labute approximate surface area is 173 Å². The molecule has 4 rings (SSSR count). The van der Waals surface area contributed by atoms with Crippen molar-refractivity contribution in [1.29, 1.82) is 0 Å². The largest absolute Gasteiger partial charge is 0.507 e. The molecule has 3 aromatic carbocycles. The van der Waals surface area contributed by atoms with E-state index < -0.39 is 23.5 Å². The maximum Gasteiger partial charge on any atom is 0.295 e. The summed E-state index contributed by atoms with van der Waals surface area (Å²) in [7, 11) is 0. The Kier molecular flexibility index (Phi) is 5.44. The van der Waals surface area contributed by atoms with Gasteiger partial charge in [0.05, 0.1) is 11.6 Å². The second kappa shape index (κ2) is 8.33. The second-order valence-electron chi connectivity index (χ2n) is 7.15. The fourth-order valence-corrected chi connectivity index (χ4v) is 3.78. The molecule has 0 bridgehead atoms. The first-order valence-electron chi connectivity index (χ1n) is 9.69. The van der Waals surface area contributed by atoms with Crippen molar-refractivity contribution in [3.05, 3.63) is 113 Å². The van der Waals surface area contributed by atoms with Crippen molar-refractivity contribution < 1.29 is 19.1 Å². The van der Waals surface area contributed by atoms with Crippen LogP contribution in [0.25, 0.3) is 5.76 Å². The summed E-state index contributed by atoms with van der Waals surface area (Å²) < 4.78 is 14.0. The summed E-state index contributed by atoms with van der Waals surface area (Å²) in [4.78, 5) is 27.2. The highest BCUT2D eigenvalue weighted by atomic mass is 19.1. The van der Waals surface area contributed by atoms with Gasteiger partial charge in [0, 0.05) is 12.1 Å². The molecule has 5 heteroatoms. The highest BCUT2D eigenvalue weighted by molar-refractivity contribution is 6.46. The molecule has 0 saturated carbocycles. The monoisotopic (exact) mass is 401 g/mol. The number of nitrogens with zero attached hydrogens (tertiary/aromatic N) is 1. The van der Waals surface area contributed by atoms with Crippen LogP contribution < -0.4 is 0 Å². The molecule has 1 aliphatic heterocycles. The van der Waals surface area contributed by atoms with Crippen molar-refractivity contribution in [3.63, 3.8) is 0 Å². The van der Waals surface area contributed by atoms with Crippen LogP contribution in [0.5, 0.6) is 0 Å². The number of amides is 1. The lowest BCUT2D eigenvalue weighted by atomic mass is 9.95. The molecule has 0 aliphatic carbocycles. The summed E-state index contributed by atoms with van der Waals surface area (Å²) in [5, 5.41) is 10.9. The average molecular weight is 401 g/mol. The van der Waals surface area contributed by atoms with Crippen molar-refractivity contribution in [2.45, 2.75) is 12.5 Å². The van der Waals surface area contributed by atoms with Crippen LogP contribution in [0.3, 0.4) is 0 Å². The normalized spacial score (nSPS) is 18.0. The van der Waals surface area contributed by atoms with Gasteiger partial charge in [-0.1, -0.05) is 72.8 Å². The first-order chi connectivity index (χ1) is 14.6. The quantitative estimate of drug-likeness (QED) is 0.389. The van der Waals surface area contributed by atoms with E-state index >= 15 is 0 Å². The highest BCUT2D eigenvalue weighted by Crippen LogP contribution is 2.39. The van der Waals surface area contributed by atoms with Gasteiger partial charge in [-0.3, -0.25) is 9.59 Å². The molecule has 30 heavy (non-hydrogen) atoms. The molecule has 1 heterocycles. The van der Waals surface area contributed by atoms with Crippen LogP contribution in [-0.4, -0.2) is 28.2 Å². The van der Waals surface area contributed by atoms with E-state index in [0.29, 0.717) is 17.5 Å². The number of Topliss-reactive ketones (excluding diaryl/α,β-unsaturated/α-hetero) is 1. The van der Waals surface area contributed by atoms with Crippen LogP contribution in [0.4, 0.5) is 4.39 Å². The van der Waals surface area contributed by atoms with Crippen LogP contribution in [0.2, 0.25) is 0 Å². The number of likely N-dealkylation sites (tertiary alicyclic amines) is 1. The Morgan fingerprint density at radius 2 is 1.57 bits per heavy atom. The van der Waals surface area contributed by atoms with Crippen molar-refractivity contribution in [2.24, 2.45) is 0 Å². The van der Waals surface area contributed by atoms with Crippen molar-refractivity contribution >= 4 is 17.4 Å². The van der Waals surface area contributed by atoms with E-state index in [4.69, 9.17) is 0 Å². The molecule has 4 nitrogen and oxygen atoms in total. The number of hydrogen-bond acceptors (Lipinski definition) is 3. The SMILES string of the molecule is O=C1C(=O)N(CCc2ccccc2)[C@H](c2cccc(F)c2)/C1=C(\O)c1ccccc1. The predicted molar refractivity (Wildman–Crippen MR) is 112 cm³/mol. The van der Waals surface area contributed by atoms with Crippen LogP contribution in [0, 0.1) is 5.82 Å². The standard InChI is InChI=1S/C25H20FNO3/c26-20-13-7-12-19(16-20)22-21(23(28)18-10-5-2-6-11-18)24(29)25(30)27(22)15-14-17-8-3-1-4-9-17/h1-13,16,22,28H,14-15H2/b23-21+/t22-/m1/s1. The summed E-state index contributed by atoms with van der Waals surface area (Å²) in [5.74, 6) is -2.19. The number of carbonyl (C=O) groups excluding carboxylic acids is 2. The van der Waals surface area contributed by atoms with E-state index in [2.05, 4.69) is 0 Å². The van der Waals surface area contributed by atoms with Gasteiger partial charge in [0.2, 0.25) is 0 Å². The smallest absolute Gasteiger partial charge is 0.295 e. The molecular weight excluding hydrogens is 381 g/mol. The second-order valence-corrected chi connectivity index (χ2v) is 7.15. The maximum atomic E-state index is 14.0. The first-order valence-corrected chi connectivity index (χ1v) is 9.69. The summed E-state index contributed by atoms with van der Waals surface area (Å²) in [5.41, 5.74) is 1.87. The summed E-state index contributed by atoms with van der Waals surface area (Å²) in [6, 6.07) is 23.1. The van der Waals surface area contributed by atoms with E-state index in [0.717, 1.165) is 5.56 Å². The van der Waals surface area contributed by atoms with Crippen LogP contribution in [0.15, 0.2) is 90.5 Å². The van der Waals surface area contributed by atoms with Gasteiger partial charge in [-0.2, -0.15) is 0 Å². The Morgan fingerprint density at radius 1 is 0.900 bits per heavy atom. The Bertz CT molecular complexity index is 1110. The fourth-order valence-electron chi connectivity index (χ4n) is 3.78. The Hall–Kier alpha value is -3.73. The van der Waals surface area contributed by atoms with Crippen molar-refractivity contribution in [3.8, 4) is 0 Å². The lowest BCUT2D eigenvalue weighted by molar-refractivity contribution is -0.139. The number of carbonyl (C=O) groups is 2. The molecule has 3 aromatic rings. The minimum Gasteiger partial charge on any atom is -0.507 e. The third-order valence-corrected chi connectivity index (χ3v) is 5.24. The minimum atomic E-state index is -0.857. The number of hydrogen-bond donors (Lipinski definition) is 1. The van der Waals surface area contributed by atoms with Gasteiger partial charge >= 0.3 is 0 Å². The zero-order valence-corrected chi connectivity index (χ0v) is 16.2. The molecule has 150 valence electrons. The molecule has 1 fully saturated rings. The summed E-state index contributed by atoms with van der Waals surface area (Å²) >= 11 is 0. The third-order valence-electron chi connectivity index (χ3n) is 5.24. The maximum absolute atomic E-state index is 14.0. The molecular formula is C25H20FNO3. The third kappa shape index (κ3) is 3.74. The number of benzene rings is 3. The van der Waals surface area contributed by atoms with E-state index in [1.165, 1.54) is 23.1 Å². The van der Waals surface area contributed by atoms with E-state index in [9.17, 15) is 19.1 Å². The topological polar surface area (TPSA) is 57.6 Å². The molecule has 0 unspecified atom stereocenters. The van der Waals surface area contributed by atoms with Gasteiger partial charge in [0.15, 0.2) is 0 Å². The molecule has 1 N–H and O–H groups in total. The Morgan fingerprint density at radius 3 is 2.23 bits per heavy atom. The van der Waals surface area contributed by atoms with Gasteiger partial charge in [-0.25, -0.2) is 4.39 Å². The molecule has 1 saturated heterocycles. The summed E-state index contributed by atoms with van der Waals surface area (Å²) in [6.45, 7) is 0.265. The molecule has 0 aromatic heterocycles. The predicted octanol–water partition coefficient (Wildman–Crippen LogP) is 4.49. The molecule has 1 aliphatic rings. The number of rotatable bonds is 5. The van der Waals surface area contributed by atoms with Gasteiger partial charge in [0.1, 0.15) is 11.6 Å². The van der Waals surface area contributed by atoms with E-state index in [1.807, 2.05) is 30.3 Å². The molecule has 0 radical (unpaired) electrons. The van der Waals surface area contributed by atoms with E-state index in [-0.39, 0.29) is 17.9 Å². The van der Waals surface area contributed by atoms with Gasteiger partial charge in [-0.05, 0) is 29.7 Å². The first kappa shape index (κ1) is 19.6. The van der Waals surface area contributed by atoms with Gasteiger partial charge < -0.3 is 10.0 Å². The number of ketones is 1. The molecule has 0 spiro atoms. The Balaban J connectivity index is 1.79. The lowest BCUT2D eigenvalue weighted by Crippen LogP contribution is -2.31. The van der Waals surface area contributed by atoms with Crippen LogP contribution in [0.1, 0.15) is 22.7 Å². The average Bonchev–Trinajstić information content (AvgIpc) is 3.03. The van der Waals surface area contributed by atoms with Crippen molar-refractivity contribution in [2.75, 3.05) is 6.54 Å². The number of aliphatic hydroxyl groups is 1. The van der Waals surface area contributed by atoms with Crippen LogP contribution in [-0.2, 0) is 16.0 Å². The zero-order valence-electron chi connectivity index (χ0n) is 16.2. The fraction of sp³-hybridized carbons (Fsp3) is 0.120. The van der Waals surface area contributed by atoms with E-state index in [1.54, 1.807) is 36.4 Å². The van der Waals surface area contributed by atoms with Crippen LogP contribution >= 0.6 is 0 Å². The highest BCUT2D eigenvalue weighted by Gasteiger charge is 2.45. The molecule has 1 atom stereocenters. The minimum absolute atomic E-state index is 0.0233.